The molecule has 0 radical (unpaired) electrons. The summed E-state index contributed by atoms with van der Waals surface area (Å²) in [5, 5.41) is 3.77. The fraction of sp³-hybridized carbons (Fsp3) is 1.00. The number of unbranched alkanes of at least 4 members (excludes halogenated alkanes) is 1. The third kappa shape index (κ3) is 8.68. The van der Waals surface area contributed by atoms with E-state index in [-0.39, 0.29) is 5.54 Å². The summed E-state index contributed by atoms with van der Waals surface area (Å²) in [6.07, 6.45) is 9.48. The van der Waals surface area contributed by atoms with Crippen LogP contribution >= 0.6 is 0 Å². The zero-order chi connectivity index (χ0) is 14.9. The first-order valence-electron chi connectivity index (χ1n) is 8.53. The summed E-state index contributed by atoms with van der Waals surface area (Å²) in [7, 11) is 0. The molecule has 0 aliphatic heterocycles. The first kappa shape index (κ1) is 19.0. The van der Waals surface area contributed by atoms with Crippen molar-refractivity contribution in [1.29, 1.82) is 0 Å². The number of hydrogen-bond acceptors (Lipinski definition) is 1. The molecule has 116 valence electrons. The Labute approximate surface area is 122 Å². The van der Waals surface area contributed by atoms with Crippen molar-refractivity contribution >= 4 is 0 Å². The van der Waals surface area contributed by atoms with Gasteiger partial charge in [0.05, 0.1) is 0 Å². The molecule has 0 saturated carbocycles. The van der Waals surface area contributed by atoms with Crippen molar-refractivity contribution in [3.8, 4) is 0 Å². The van der Waals surface area contributed by atoms with E-state index in [1.807, 2.05) is 0 Å². The largest absolute Gasteiger partial charge is 0.312 e. The van der Waals surface area contributed by atoms with Gasteiger partial charge in [0.25, 0.3) is 0 Å². The van der Waals surface area contributed by atoms with Gasteiger partial charge in [0.2, 0.25) is 0 Å². The van der Waals surface area contributed by atoms with Gasteiger partial charge in [-0.05, 0) is 51.4 Å². The lowest BCUT2D eigenvalue weighted by atomic mass is 9.72. The van der Waals surface area contributed by atoms with Crippen LogP contribution in [0.1, 0.15) is 93.4 Å². The molecule has 0 fully saturated rings. The smallest absolute Gasteiger partial charge is 0.00967 e. The number of rotatable bonds is 10. The predicted octanol–water partition coefficient (Wildman–Crippen LogP) is 5.79. The lowest BCUT2D eigenvalue weighted by Crippen LogP contribution is -2.44. The summed E-state index contributed by atoms with van der Waals surface area (Å²) < 4.78 is 0. The molecule has 0 bridgehead atoms. The average Bonchev–Trinajstić information content (AvgIpc) is 2.32. The van der Waals surface area contributed by atoms with E-state index in [1.54, 1.807) is 0 Å². The molecule has 0 saturated heterocycles. The summed E-state index contributed by atoms with van der Waals surface area (Å²) >= 11 is 0. The molecule has 0 aromatic rings. The molecule has 0 aliphatic rings. The summed E-state index contributed by atoms with van der Waals surface area (Å²) in [4.78, 5) is 0. The monoisotopic (exact) mass is 269 g/mol. The van der Waals surface area contributed by atoms with Crippen molar-refractivity contribution in [2.24, 2.45) is 11.3 Å². The average molecular weight is 270 g/mol. The van der Waals surface area contributed by atoms with Crippen molar-refractivity contribution in [3.05, 3.63) is 0 Å². The Balaban J connectivity index is 4.66. The molecule has 1 nitrogen and oxygen atoms in total. The first-order chi connectivity index (χ1) is 8.78. The normalized spacial score (nSPS) is 17.2. The molecule has 0 aromatic carbocycles. The van der Waals surface area contributed by atoms with Crippen molar-refractivity contribution in [2.75, 3.05) is 6.54 Å². The lowest BCUT2D eigenvalue weighted by Gasteiger charge is -2.38. The van der Waals surface area contributed by atoms with Gasteiger partial charge < -0.3 is 5.32 Å². The maximum Gasteiger partial charge on any atom is 0.00967 e. The molecular formula is C18H39N. The van der Waals surface area contributed by atoms with Gasteiger partial charge in [0.1, 0.15) is 0 Å². The molecule has 0 aromatic heterocycles. The SMILES string of the molecule is CCCCC(CC)(CNC(C)(C)C)CC(C)CCC. The van der Waals surface area contributed by atoms with Crippen molar-refractivity contribution in [1.82, 2.24) is 5.32 Å². The van der Waals surface area contributed by atoms with Crippen LogP contribution in [0.4, 0.5) is 0 Å². The maximum atomic E-state index is 3.77. The fourth-order valence-electron chi connectivity index (χ4n) is 3.05. The van der Waals surface area contributed by atoms with E-state index in [2.05, 4.69) is 53.8 Å². The van der Waals surface area contributed by atoms with E-state index in [0.29, 0.717) is 5.41 Å². The molecule has 2 unspecified atom stereocenters. The van der Waals surface area contributed by atoms with Crippen molar-refractivity contribution < 1.29 is 0 Å². The van der Waals surface area contributed by atoms with E-state index < -0.39 is 0 Å². The first-order valence-corrected chi connectivity index (χ1v) is 8.53. The highest BCUT2D eigenvalue weighted by Gasteiger charge is 2.30. The van der Waals surface area contributed by atoms with E-state index in [0.717, 1.165) is 5.92 Å². The van der Waals surface area contributed by atoms with Gasteiger partial charge in [-0.15, -0.1) is 0 Å². The van der Waals surface area contributed by atoms with Gasteiger partial charge >= 0.3 is 0 Å². The standard InChI is InChI=1S/C18H39N/c1-8-11-13-18(10-3,14-16(4)12-9-2)15-19-17(5,6)7/h16,19H,8-15H2,1-7H3. The predicted molar refractivity (Wildman–Crippen MR) is 88.7 cm³/mol. The second kappa shape index (κ2) is 9.00. The van der Waals surface area contributed by atoms with Crippen LogP contribution in [0.25, 0.3) is 0 Å². The highest BCUT2D eigenvalue weighted by molar-refractivity contribution is 4.85. The molecule has 1 N–H and O–H groups in total. The Morgan fingerprint density at radius 3 is 2.05 bits per heavy atom. The molecule has 1 heteroatoms. The van der Waals surface area contributed by atoms with E-state index >= 15 is 0 Å². The second-order valence-corrected chi connectivity index (χ2v) is 7.66. The van der Waals surface area contributed by atoms with Crippen LogP contribution in [0.3, 0.4) is 0 Å². The molecule has 2 atom stereocenters. The van der Waals surface area contributed by atoms with E-state index in [9.17, 15) is 0 Å². The minimum atomic E-state index is 0.237. The minimum Gasteiger partial charge on any atom is -0.312 e. The van der Waals surface area contributed by atoms with E-state index in [4.69, 9.17) is 0 Å². The van der Waals surface area contributed by atoms with Crippen LogP contribution < -0.4 is 5.32 Å². The van der Waals surface area contributed by atoms with Gasteiger partial charge in [-0.3, -0.25) is 0 Å². The highest BCUT2D eigenvalue weighted by atomic mass is 15.0. The minimum absolute atomic E-state index is 0.237. The third-order valence-corrected chi connectivity index (χ3v) is 4.37. The summed E-state index contributed by atoms with van der Waals surface area (Å²) in [6, 6.07) is 0. The van der Waals surface area contributed by atoms with Crippen LogP contribution in [0.2, 0.25) is 0 Å². The summed E-state index contributed by atoms with van der Waals surface area (Å²) in [5.41, 5.74) is 0.749. The second-order valence-electron chi connectivity index (χ2n) is 7.66. The maximum absolute atomic E-state index is 3.77. The number of hydrogen-bond donors (Lipinski definition) is 1. The zero-order valence-electron chi connectivity index (χ0n) is 14.7. The Morgan fingerprint density at radius 1 is 1.00 bits per heavy atom. The van der Waals surface area contributed by atoms with E-state index in [1.165, 1.54) is 51.5 Å². The van der Waals surface area contributed by atoms with Crippen LogP contribution in [0.15, 0.2) is 0 Å². The Morgan fingerprint density at radius 2 is 1.63 bits per heavy atom. The van der Waals surface area contributed by atoms with Crippen LogP contribution in [-0.2, 0) is 0 Å². The highest BCUT2D eigenvalue weighted by Crippen LogP contribution is 2.37. The molecular weight excluding hydrogens is 230 g/mol. The summed E-state index contributed by atoms with van der Waals surface area (Å²) in [5.74, 6) is 0.864. The van der Waals surface area contributed by atoms with Crippen molar-refractivity contribution in [3.63, 3.8) is 0 Å². The van der Waals surface area contributed by atoms with Crippen LogP contribution in [0, 0.1) is 11.3 Å². The molecule has 0 amide bonds. The van der Waals surface area contributed by atoms with Gasteiger partial charge in [-0.1, -0.05) is 53.4 Å². The van der Waals surface area contributed by atoms with Gasteiger partial charge in [-0.25, -0.2) is 0 Å². The topological polar surface area (TPSA) is 12.0 Å². The van der Waals surface area contributed by atoms with Crippen LogP contribution in [0.5, 0.6) is 0 Å². The van der Waals surface area contributed by atoms with Crippen LogP contribution in [-0.4, -0.2) is 12.1 Å². The van der Waals surface area contributed by atoms with Gasteiger partial charge in [-0.2, -0.15) is 0 Å². The van der Waals surface area contributed by atoms with Gasteiger partial charge in [0, 0.05) is 12.1 Å². The lowest BCUT2D eigenvalue weighted by molar-refractivity contribution is 0.161. The quantitative estimate of drug-likeness (QED) is 0.529. The van der Waals surface area contributed by atoms with Crippen molar-refractivity contribution in [2.45, 2.75) is 99.0 Å². The molecule has 19 heavy (non-hydrogen) atoms. The fourth-order valence-corrected chi connectivity index (χ4v) is 3.05. The van der Waals surface area contributed by atoms with Gasteiger partial charge in [0.15, 0.2) is 0 Å². The molecule has 0 rings (SSSR count). The Bertz CT molecular complexity index is 216. The third-order valence-electron chi connectivity index (χ3n) is 4.37. The zero-order valence-corrected chi connectivity index (χ0v) is 14.7. The summed E-state index contributed by atoms with van der Waals surface area (Å²) in [6.45, 7) is 17.5. The number of nitrogens with one attached hydrogen (secondary N) is 1. The molecule has 0 spiro atoms. The Hall–Kier alpha value is -0.0400. The Kier molecular flexibility index (Phi) is 8.98. The molecule has 0 heterocycles. The molecule has 0 aliphatic carbocycles.